The molecule has 2 aromatic heterocycles. The molecule has 0 spiro atoms. The summed E-state index contributed by atoms with van der Waals surface area (Å²) in [7, 11) is 0. The highest BCUT2D eigenvalue weighted by Crippen LogP contribution is 2.46. The van der Waals surface area contributed by atoms with Crippen LogP contribution in [0.1, 0.15) is 0 Å². The van der Waals surface area contributed by atoms with E-state index in [1.807, 2.05) is 78.9 Å². The number of benzene rings is 9. The number of rotatable bonds is 7. The lowest BCUT2D eigenvalue weighted by atomic mass is 9.98. The molecule has 0 saturated carbocycles. The van der Waals surface area contributed by atoms with Crippen LogP contribution in [0.15, 0.2) is 211 Å². The molecule has 0 bridgehead atoms. The van der Waals surface area contributed by atoms with Gasteiger partial charge in [-0.15, -0.1) is 0 Å². The normalized spacial score (nSPS) is 11.4. The van der Waals surface area contributed by atoms with E-state index < -0.39 is 0 Å². The van der Waals surface area contributed by atoms with Crippen LogP contribution >= 0.6 is 0 Å². The van der Waals surface area contributed by atoms with Crippen molar-refractivity contribution < 1.29 is 4.42 Å². The fourth-order valence-electron chi connectivity index (χ4n) is 8.16. The third-order valence-electron chi connectivity index (χ3n) is 10.9. The molecule has 58 heavy (non-hydrogen) atoms. The van der Waals surface area contributed by atoms with E-state index in [4.69, 9.17) is 19.4 Å². The molecule has 9 aromatic carbocycles. The second-order valence-corrected chi connectivity index (χ2v) is 14.4. The van der Waals surface area contributed by atoms with Gasteiger partial charge in [0.25, 0.3) is 0 Å². The molecule has 0 aliphatic heterocycles. The molecular formula is C53H34N4O. The van der Waals surface area contributed by atoms with Crippen LogP contribution in [0.5, 0.6) is 0 Å². The van der Waals surface area contributed by atoms with Gasteiger partial charge in [-0.3, -0.25) is 0 Å². The minimum Gasteiger partial charge on any atom is -0.456 e. The number of furan rings is 1. The third-order valence-corrected chi connectivity index (χ3v) is 10.9. The maximum Gasteiger partial charge on any atom is 0.164 e. The van der Waals surface area contributed by atoms with Gasteiger partial charge in [0.05, 0.1) is 11.1 Å². The predicted octanol–water partition coefficient (Wildman–Crippen LogP) is 14.2. The summed E-state index contributed by atoms with van der Waals surface area (Å²) in [5, 5.41) is 6.72. The van der Waals surface area contributed by atoms with Crippen molar-refractivity contribution in [1.29, 1.82) is 0 Å². The second-order valence-electron chi connectivity index (χ2n) is 14.4. The summed E-state index contributed by atoms with van der Waals surface area (Å²) in [6, 6.07) is 71.7. The van der Waals surface area contributed by atoms with Gasteiger partial charge in [0, 0.05) is 33.5 Å². The molecule has 0 fully saturated rings. The van der Waals surface area contributed by atoms with Gasteiger partial charge >= 0.3 is 0 Å². The molecule has 0 aliphatic rings. The van der Waals surface area contributed by atoms with Crippen molar-refractivity contribution in [2.24, 2.45) is 0 Å². The van der Waals surface area contributed by atoms with Crippen molar-refractivity contribution in [2.45, 2.75) is 0 Å². The Morgan fingerprint density at radius 2 is 0.897 bits per heavy atom. The molecule has 11 rings (SSSR count). The second kappa shape index (κ2) is 14.0. The van der Waals surface area contributed by atoms with Crippen LogP contribution in [-0.4, -0.2) is 15.0 Å². The number of hydrogen-bond donors (Lipinski definition) is 0. The molecule has 0 atom stereocenters. The summed E-state index contributed by atoms with van der Waals surface area (Å²) < 4.78 is 6.70. The lowest BCUT2D eigenvalue weighted by Gasteiger charge is -2.27. The van der Waals surface area contributed by atoms with Gasteiger partial charge in [-0.2, -0.15) is 0 Å². The zero-order chi connectivity index (χ0) is 38.4. The average Bonchev–Trinajstić information content (AvgIpc) is 3.69. The van der Waals surface area contributed by atoms with Gasteiger partial charge in [-0.1, -0.05) is 164 Å². The Bertz CT molecular complexity index is 3220. The Balaban J connectivity index is 1.14. The van der Waals surface area contributed by atoms with Gasteiger partial charge in [0.2, 0.25) is 0 Å². The molecule has 5 heteroatoms. The van der Waals surface area contributed by atoms with Crippen LogP contribution in [0.4, 0.5) is 17.1 Å². The number of nitrogens with zero attached hydrogens (tertiary/aromatic N) is 4. The van der Waals surface area contributed by atoms with E-state index in [-0.39, 0.29) is 0 Å². The summed E-state index contributed by atoms with van der Waals surface area (Å²) in [6.07, 6.45) is 0. The minimum atomic E-state index is 0.576. The Morgan fingerprint density at radius 3 is 1.64 bits per heavy atom. The van der Waals surface area contributed by atoms with Crippen LogP contribution in [0, 0.1) is 0 Å². The third kappa shape index (κ3) is 5.85. The SMILES string of the molecule is c1ccc(-c2nc(-c3ccccc3)nc(-c3cccc4oc5cccc(N(c6ccc(-c7cccc8ccccc78)cc6)c6ccc7ccccc7c6)c5c34)n2)cc1. The molecule has 0 amide bonds. The largest absolute Gasteiger partial charge is 0.456 e. The number of hydrogen-bond acceptors (Lipinski definition) is 5. The van der Waals surface area contributed by atoms with E-state index >= 15 is 0 Å². The Labute approximate surface area is 335 Å². The Morgan fingerprint density at radius 1 is 0.345 bits per heavy atom. The topological polar surface area (TPSA) is 55.1 Å². The van der Waals surface area contributed by atoms with Crippen LogP contribution < -0.4 is 4.90 Å². The van der Waals surface area contributed by atoms with Gasteiger partial charge in [-0.05, 0) is 75.1 Å². The van der Waals surface area contributed by atoms with Crippen molar-refractivity contribution in [3.8, 4) is 45.3 Å². The van der Waals surface area contributed by atoms with Crippen LogP contribution in [0.25, 0.3) is 88.8 Å². The Hall–Kier alpha value is -7.89. The van der Waals surface area contributed by atoms with Gasteiger partial charge in [-0.25, -0.2) is 15.0 Å². The first-order chi connectivity index (χ1) is 28.7. The Kier molecular flexibility index (Phi) is 8.07. The highest BCUT2D eigenvalue weighted by molar-refractivity contribution is 6.18. The summed E-state index contributed by atoms with van der Waals surface area (Å²) in [5.74, 6) is 1.80. The zero-order valence-electron chi connectivity index (χ0n) is 31.3. The van der Waals surface area contributed by atoms with Crippen LogP contribution in [-0.2, 0) is 0 Å². The van der Waals surface area contributed by atoms with E-state index in [2.05, 4.69) is 132 Å². The van der Waals surface area contributed by atoms with E-state index in [0.29, 0.717) is 17.5 Å². The van der Waals surface area contributed by atoms with E-state index in [1.165, 1.54) is 21.7 Å². The summed E-state index contributed by atoms with van der Waals surface area (Å²) in [5.41, 5.74) is 9.65. The van der Waals surface area contributed by atoms with E-state index in [1.54, 1.807) is 0 Å². The molecule has 5 nitrogen and oxygen atoms in total. The molecule has 0 N–H and O–H groups in total. The molecule has 0 unspecified atom stereocenters. The van der Waals surface area contributed by atoms with Gasteiger partial charge in [0.15, 0.2) is 17.5 Å². The first-order valence-electron chi connectivity index (χ1n) is 19.4. The molecule has 0 radical (unpaired) electrons. The predicted molar refractivity (Wildman–Crippen MR) is 239 cm³/mol. The van der Waals surface area contributed by atoms with Gasteiger partial charge < -0.3 is 9.32 Å². The molecule has 11 aromatic rings. The monoisotopic (exact) mass is 742 g/mol. The van der Waals surface area contributed by atoms with Gasteiger partial charge in [0.1, 0.15) is 11.2 Å². The van der Waals surface area contributed by atoms with E-state index in [9.17, 15) is 0 Å². The standard InChI is InChI=1S/C53H34N4O/c1-3-16-38(17-4-1)51-54-52(39-18-5-2-6-19-39)56-53(55-51)45-24-12-26-47-49(45)50-46(25-13-27-48(50)58-47)57(42-33-28-35-14-7-8-20-40(35)34-42)41-31-29-37(30-32-41)44-23-11-21-36-15-9-10-22-43(36)44/h1-34H. The fourth-order valence-corrected chi connectivity index (χ4v) is 8.16. The van der Waals surface area contributed by atoms with E-state index in [0.717, 1.165) is 66.6 Å². The molecule has 2 heterocycles. The summed E-state index contributed by atoms with van der Waals surface area (Å²) in [6.45, 7) is 0. The molecular weight excluding hydrogens is 709 g/mol. The van der Waals surface area contributed by atoms with Crippen LogP contribution in [0.2, 0.25) is 0 Å². The number of aromatic nitrogens is 3. The zero-order valence-corrected chi connectivity index (χ0v) is 31.3. The highest BCUT2D eigenvalue weighted by Gasteiger charge is 2.23. The molecule has 0 saturated heterocycles. The van der Waals surface area contributed by atoms with Crippen molar-refractivity contribution in [2.75, 3.05) is 4.90 Å². The maximum atomic E-state index is 6.70. The fraction of sp³-hybridized carbons (Fsp3) is 0. The van der Waals surface area contributed by atoms with Crippen molar-refractivity contribution >= 4 is 60.5 Å². The summed E-state index contributed by atoms with van der Waals surface area (Å²) >= 11 is 0. The molecule has 0 aliphatic carbocycles. The minimum absolute atomic E-state index is 0.576. The summed E-state index contributed by atoms with van der Waals surface area (Å²) in [4.78, 5) is 17.6. The van der Waals surface area contributed by atoms with Crippen molar-refractivity contribution in [3.63, 3.8) is 0 Å². The average molecular weight is 743 g/mol. The lowest BCUT2D eigenvalue weighted by molar-refractivity contribution is 0.669. The highest BCUT2D eigenvalue weighted by atomic mass is 16.3. The lowest BCUT2D eigenvalue weighted by Crippen LogP contribution is -2.10. The smallest absolute Gasteiger partial charge is 0.164 e. The van der Waals surface area contributed by atoms with Crippen molar-refractivity contribution in [3.05, 3.63) is 206 Å². The number of fused-ring (bicyclic) bond motifs is 5. The molecule has 272 valence electrons. The van der Waals surface area contributed by atoms with Crippen LogP contribution in [0.3, 0.4) is 0 Å². The number of anilines is 3. The first kappa shape index (κ1) is 33.4. The quantitative estimate of drug-likeness (QED) is 0.163. The maximum absolute atomic E-state index is 6.70. The van der Waals surface area contributed by atoms with Crippen molar-refractivity contribution in [1.82, 2.24) is 15.0 Å². The first-order valence-corrected chi connectivity index (χ1v) is 19.4.